The minimum Gasteiger partial charge on any atom is -0.339 e. The molecule has 1 fully saturated rings. The van der Waals surface area contributed by atoms with Gasteiger partial charge in [0.05, 0.1) is 6.04 Å². The molecule has 0 spiro atoms. The lowest BCUT2D eigenvalue weighted by Crippen LogP contribution is -2.12. The van der Waals surface area contributed by atoms with Gasteiger partial charge in [0.15, 0.2) is 5.82 Å². The average molecular weight is 237 g/mol. The molecule has 96 valence electrons. The third kappa shape index (κ3) is 3.80. The van der Waals surface area contributed by atoms with Gasteiger partial charge in [0, 0.05) is 5.92 Å². The van der Waals surface area contributed by atoms with Crippen LogP contribution in [0.4, 0.5) is 0 Å². The molecule has 2 rings (SSSR count). The molecular formula is C13H23N3O. The van der Waals surface area contributed by atoms with E-state index in [2.05, 4.69) is 17.1 Å². The molecule has 1 saturated carbocycles. The highest BCUT2D eigenvalue weighted by Crippen LogP contribution is 2.39. The van der Waals surface area contributed by atoms with Crippen LogP contribution in [0.25, 0.3) is 0 Å². The summed E-state index contributed by atoms with van der Waals surface area (Å²) in [5, 5.41) is 3.98. The van der Waals surface area contributed by atoms with Crippen molar-refractivity contribution in [2.75, 3.05) is 0 Å². The van der Waals surface area contributed by atoms with Gasteiger partial charge in [-0.05, 0) is 19.3 Å². The lowest BCUT2D eigenvalue weighted by molar-refractivity contribution is 0.369. The SMILES string of the molecule is CCCCCCCC(N)c1noc(C2CC2)n1. The maximum atomic E-state index is 6.06. The lowest BCUT2D eigenvalue weighted by Gasteiger charge is -2.05. The minimum absolute atomic E-state index is 0.0483. The Morgan fingerprint density at radius 2 is 2.06 bits per heavy atom. The predicted molar refractivity (Wildman–Crippen MR) is 66.6 cm³/mol. The first-order valence-corrected chi connectivity index (χ1v) is 6.90. The fraction of sp³-hybridized carbons (Fsp3) is 0.846. The van der Waals surface area contributed by atoms with E-state index in [4.69, 9.17) is 10.3 Å². The number of hydrogen-bond acceptors (Lipinski definition) is 4. The molecule has 2 N–H and O–H groups in total. The second kappa shape index (κ2) is 6.15. The van der Waals surface area contributed by atoms with Crippen LogP contribution in [0, 0.1) is 0 Å². The molecule has 0 aliphatic heterocycles. The van der Waals surface area contributed by atoms with E-state index in [-0.39, 0.29) is 6.04 Å². The second-order valence-electron chi connectivity index (χ2n) is 5.07. The molecule has 4 nitrogen and oxygen atoms in total. The van der Waals surface area contributed by atoms with E-state index in [1.165, 1.54) is 38.5 Å². The van der Waals surface area contributed by atoms with Crippen molar-refractivity contribution in [1.29, 1.82) is 0 Å². The molecule has 0 bridgehead atoms. The summed E-state index contributed by atoms with van der Waals surface area (Å²) >= 11 is 0. The van der Waals surface area contributed by atoms with Crippen LogP contribution in [-0.4, -0.2) is 10.1 Å². The molecule has 1 heterocycles. The van der Waals surface area contributed by atoms with E-state index in [0.717, 1.165) is 18.7 Å². The van der Waals surface area contributed by atoms with Crippen LogP contribution in [-0.2, 0) is 0 Å². The smallest absolute Gasteiger partial charge is 0.229 e. The van der Waals surface area contributed by atoms with Gasteiger partial charge >= 0.3 is 0 Å². The Hall–Kier alpha value is -0.900. The van der Waals surface area contributed by atoms with Gasteiger partial charge in [-0.15, -0.1) is 0 Å². The van der Waals surface area contributed by atoms with Crippen molar-refractivity contribution in [3.8, 4) is 0 Å². The van der Waals surface area contributed by atoms with E-state index in [9.17, 15) is 0 Å². The molecule has 0 aromatic carbocycles. The summed E-state index contributed by atoms with van der Waals surface area (Å²) in [5.74, 6) is 2.01. The molecule has 0 radical (unpaired) electrons. The van der Waals surface area contributed by atoms with Crippen molar-refractivity contribution in [2.45, 2.75) is 70.3 Å². The minimum atomic E-state index is -0.0483. The largest absolute Gasteiger partial charge is 0.339 e. The highest BCUT2D eigenvalue weighted by Gasteiger charge is 2.30. The molecule has 17 heavy (non-hydrogen) atoms. The Bertz CT molecular complexity index is 333. The Labute approximate surface area is 103 Å². The molecule has 1 aliphatic carbocycles. The standard InChI is InChI=1S/C13H23N3O/c1-2-3-4-5-6-7-11(14)12-15-13(17-16-12)10-8-9-10/h10-11H,2-9,14H2,1H3. The fourth-order valence-electron chi connectivity index (χ4n) is 1.99. The maximum absolute atomic E-state index is 6.06. The summed E-state index contributed by atoms with van der Waals surface area (Å²) in [7, 11) is 0. The summed E-state index contributed by atoms with van der Waals surface area (Å²) < 4.78 is 5.21. The second-order valence-corrected chi connectivity index (χ2v) is 5.07. The third-order valence-electron chi connectivity index (χ3n) is 3.33. The van der Waals surface area contributed by atoms with Crippen molar-refractivity contribution in [3.63, 3.8) is 0 Å². The molecule has 1 aromatic rings. The molecule has 1 unspecified atom stereocenters. The molecule has 1 aromatic heterocycles. The predicted octanol–water partition coefficient (Wildman–Crippen LogP) is 3.31. The number of hydrogen-bond donors (Lipinski definition) is 1. The zero-order valence-electron chi connectivity index (χ0n) is 10.7. The van der Waals surface area contributed by atoms with Gasteiger partial charge in [-0.25, -0.2) is 0 Å². The first kappa shape index (κ1) is 12.6. The molecule has 0 amide bonds. The molecule has 1 aliphatic rings. The lowest BCUT2D eigenvalue weighted by atomic mass is 10.1. The van der Waals surface area contributed by atoms with E-state index in [1.54, 1.807) is 0 Å². The number of unbranched alkanes of at least 4 members (excludes halogenated alkanes) is 4. The first-order chi connectivity index (χ1) is 8.31. The zero-order chi connectivity index (χ0) is 12.1. The van der Waals surface area contributed by atoms with Crippen molar-refractivity contribution >= 4 is 0 Å². The summed E-state index contributed by atoms with van der Waals surface area (Å²) in [6.07, 6.45) is 9.67. The van der Waals surface area contributed by atoms with Gasteiger partial charge in [0.2, 0.25) is 5.89 Å². The molecule has 0 saturated heterocycles. The van der Waals surface area contributed by atoms with Crippen LogP contribution >= 0.6 is 0 Å². The molecular weight excluding hydrogens is 214 g/mol. The van der Waals surface area contributed by atoms with Crippen LogP contribution < -0.4 is 5.73 Å². The van der Waals surface area contributed by atoms with E-state index < -0.39 is 0 Å². The van der Waals surface area contributed by atoms with Gasteiger partial charge in [-0.1, -0.05) is 44.2 Å². The van der Waals surface area contributed by atoms with Crippen LogP contribution in [0.5, 0.6) is 0 Å². The van der Waals surface area contributed by atoms with Crippen LogP contribution in [0.2, 0.25) is 0 Å². The topological polar surface area (TPSA) is 64.9 Å². The van der Waals surface area contributed by atoms with Gasteiger partial charge in [-0.2, -0.15) is 4.98 Å². The van der Waals surface area contributed by atoms with Crippen LogP contribution in [0.15, 0.2) is 4.52 Å². The third-order valence-corrected chi connectivity index (χ3v) is 3.33. The zero-order valence-corrected chi connectivity index (χ0v) is 10.7. The maximum Gasteiger partial charge on any atom is 0.229 e. The number of nitrogens with two attached hydrogens (primary N) is 1. The highest BCUT2D eigenvalue weighted by molar-refractivity contribution is 5.03. The van der Waals surface area contributed by atoms with Gasteiger partial charge in [0.1, 0.15) is 0 Å². The first-order valence-electron chi connectivity index (χ1n) is 6.90. The summed E-state index contributed by atoms with van der Waals surface area (Å²) in [5.41, 5.74) is 6.06. The highest BCUT2D eigenvalue weighted by atomic mass is 16.5. The monoisotopic (exact) mass is 237 g/mol. The van der Waals surface area contributed by atoms with Crippen molar-refractivity contribution in [1.82, 2.24) is 10.1 Å². The average Bonchev–Trinajstić information content (AvgIpc) is 3.07. The summed E-state index contributed by atoms with van der Waals surface area (Å²) in [6, 6.07) is -0.0483. The van der Waals surface area contributed by atoms with Gasteiger partial charge < -0.3 is 10.3 Å². The summed E-state index contributed by atoms with van der Waals surface area (Å²) in [6.45, 7) is 2.23. The molecule has 4 heteroatoms. The van der Waals surface area contributed by atoms with Crippen molar-refractivity contribution < 1.29 is 4.52 Å². The van der Waals surface area contributed by atoms with Crippen molar-refractivity contribution in [2.24, 2.45) is 5.73 Å². The summed E-state index contributed by atoms with van der Waals surface area (Å²) in [4.78, 5) is 4.38. The Morgan fingerprint density at radius 3 is 2.76 bits per heavy atom. The Kier molecular flexibility index (Phi) is 4.54. The van der Waals surface area contributed by atoms with Crippen LogP contribution in [0.3, 0.4) is 0 Å². The molecule has 1 atom stereocenters. The quantitative estimate of drug-likeness (QED) is 0.704. The normalized spacial score (nSPS) is 17.3. The number of rotatable bonds is 8. The van der Waals surface area contributed by atoms with E-state index in [0.29, 0.717) is 11.7 Å². The Morgan fingerprint density at radius 1 is 1.29 bits per heavy atom. The number of nitrogens with zero attached hydrogens (tertiary/aromatic N) is 2. The van der Waals surface area contributed by atoms with Crippen molar-refractivity contribution in [3.05, 3.63) is 11.7 Å². The van der Waals surface area contributed by atoms with Gasteiger partial charge in [0.25, 0.3) is 0 Å². The van der Waals surface area contributed by atoms with Crippen LogP contribution in [0.1, 0.15) is 82.0 Å². The van der Waals surface area contributed by atoms with Gasteiger partial charge in [-0.3, -0.25) is 0 Å². The number of aromatic nitrogens is 2. The Balaban J connectivity index is 1.68. The van der Waals surface area contributed by atoms with E-state index in [1.807, 2.05) is 0 Å². The fourth-order valence-corrected chi connectivity index (χ4v) is 1.99. The van der Waals surface area contributed by atoms with E-state index >= 15 is 0 Å².